The van der Waals surface area contributed by atoms with Gasteiger partial charge in [-0.1, -0.05) is 6.07 Å². The van der Waals surface area contributed by atoms with Gasteiger partial charge < -0.3 is 5.32 Å². The minimum Gasteiger partial charge on any atom is -0.367 e. The fraction of sp³-hybridized carbons (Fsp3) is 0.643. The van der Waals surface area contributed by atoms with E-state index < -0.39 is 0 Å². The van der Waals surface area contributed by atoms with Crippen LogP contribution in [0, 0.1) is 30.6 Å². The third kappa shape index (κ3) is 1.16. The second kappa shape index (κ2) is 2.99. The molecule has 3 fully saturated rings. The Morgan fingerprint density at radius 2 is 1.94 bits per heavy atom. The molecular formula is C14H18N2. The van der Waals surface area contributed by atoms with E-state index in [0.29, 0.717) is 0 Å². The van der Waals surface area contributed by atoms with Crippen LogP contribution in [0.15, 0.2) is 18.3 Å². The minimum atomic E-state index is 0.751. The molecular weight excluding hydrogens is 196 g/mol. The first-order valence-electron chi connectivity index (χ1n) is 6.52. The van der Waals surface area contributed by atoms with E-state index in [-0.39, 0.29) is 0 Å². The van der Waals surface area contributed by atoms with Crippen LogP contribution in [-0.4, -0.2) is 11.0 Å². The quantitative estimate of drug-likeness (QED) is 0.819. The van der Waals surface area contributed by atoms with Gasteiger partial charge in [0.25, 0.3) is 0 Å². The van der Waals surface area contributed by atoms with Gasteiger partial charge in [-0.2, -0.15) is 0 Å². The standard InChI is InChI=1S/C14H18N2/c1-8-2-5-11(15-7-8)16-14-12-9-3-4-10(6-9)13(12)14/h2,5,7,9-10,12-14H,3-4,6H2,1H3,(H,15,16). The molecule has 2 nitrogen and oxygen atoms in total. The number of hydrogen-bond donors (Lipinski definition) is 1. The SMILES string of the molecule is Cc1ccc(NC2C3C4CCC(C4)C23)nc1. The van der Waals surface area contributed by atoms with Crippen molar-refractivity contribution in [3.05, 3.63) is 23.9 Å². The summed E-state index contributed by atoms with van der Waals surface area (Å²) < 4.78 is 0. The fourth-order valence-corrected chi connectivity index (χ4v) is 4.24. The third-order valence-corrected chi connectivity index (χ3v) is 4.96. The number of rotatable bonds is 2. The van der Waals surface area contributed by atoms with Crippen molar-refractivity contribution < 1.29 is 0 Å². The predicted molar refractivity (Wildman–Crippen MR) is 64.2 cm³/mol. The van der Waals surface area contributed by atoms with Gasteiger partial charge in [0.15, 0.2) is 0 Å². The van der Waals surface area contributed by atoms with E-state index in [0.717, 1.165) is 35.5 Å². The zero-order valence-corrected chi connectivity index (χ0v) is 9.69. The molecule has 84 valence electrons. The molecule has 2 bridgehead atoms. The second-order valence-corrected chi connectivity index (χ2v) is 5.88. The maximum atomic E-state index is 4.45. The van der Waals surface area contributed by atoms with E-state index in [9.17, 15) is 0 Å². The summed E-state index contributed by atoms with van der Waals surface area (Å²) in [6, 6.07) is 5.01. The highest BCUT2D eigenvalue weighted by Gasteiger charge is 2.65. The molecule has 0 saturated heterocycles. The lowest BCUT2D eigenvalue weighted by Crippen LogP contribution is -2.13. The molecule has 0 aromatic carbocycles. The van der Waals surface area contributed by atoms with Gasteiger partial charge in [-0.3, -0.25) is 0 Å². The summed E-state index contributed by atoms with van der Waals surface area (Å²) in [6.07, 6.45) is 6.46. The molecule has 4 rings (SSSR count). The Morgan fingerprint density at radius 3 is 2.56 bits per heavy atom. The maximum absolute atomic E-state index is 4.45. The van der Waals surface area contributed by atoms with Crippen molar-refractivity contribution in [1.82, 2.24) is 4.98 Å². The summed E-state index contributed by atoms with van der Waals surface area (Å²) in [5.41, 5.74) is 1.24. The van der Waals surface area contributed by atoms with E-state index in [2.05, 4.69) is 29.4 Å². The van der Waals surface area contributed by atoms with Crippen LogP contribution >= 0.6 is 0 Å². The Kier molecular flexibility index (Phi) is 1.69. The number of nitrogens with zero attached hydrogens (tertiary/aromatic N) is 1. The van der Waals surface area contributed by atoms with Crippen molar-refractivity contribution in [2.75, 3.05) is 5.32 Å². The first-order chi connectivity index (χ1) is 7.83. The molecule has 3 saturated carbocycles. The zero-order valence-electron chi connectivity index (χ0n) is 9.69. The first-order valence-corrected chi connectivity index (χ1v) is 6.52. The average Bonchev–Trinajstić information content (AvgIpc) is 2.72. The van der Waals surface area contributed by atoms with Crippen LogP contribution in [0.1, 0.15) is 24.8 Å². The van der Waals surface area contributed by atoms with Gasteiger partial charge in [-0.15, -0.1) is 0 Å². The number of fused-ring (bicyclic) bond motifs is 5. The first kappa shape index (κ1) is 9.03. The van der Waals surface area contributed by atoms with Crippen molar-refractivity contribution in [3.63, 3.8) is 0 Å². The highest BCUT2D eigenvalue weighted by atomic mass is 15.1. The van der Waals surface area contributed by atoms with Crippen molar-refractivity contribution in [3.8, 4) is 0 Å². The lowest BCUT2D eigenvalue weighted by molar-refractivity contribution is 0.456. The molecule has 0 radical (unpaired) electrons. The molecule has 1 aromatic heterocycles. The Balaban J connectivity index is 1.48. The molecule has 1 heterocycles. The van der Waals surface area contributed by atoms with Gasteiger partial charge in [0.1, 0.15) is 5.82 Å². The topological polar surface area (TPSA) is 24.9 Å². The van der Waals surface area contributed by atoms with Crippen molar-refractivity contribution in [1.29, 1.82) is 0 Å². The van der Waals surface area contributed by atoms with E-state index in [1.807, 2.05) is 6.20 Å². The van der Waals surface area contributed by atoms with Crippen LogP contribution in [-0.2, 0) is 0 Å². The molecule has 0 aliphatic heterocycles. The zero-order chi connectivity index (χ0) is 10.7. The van der Waals surface area contributed by atoms with Gasteiger partial charge in [-0.25, -0.2) is 4.98 Å². The molecule has 16 heavy (non-hydrogen) atoms. The highest BCUT2D eigenvalue weighted by molar-refractivity contribution is 5.40. The van der Waals surface area contributed by atoms with Crippen molar-refractivity contribution in [2.45, 2.75) is 32.2 Å². The number of pyridine rings is 1. The fourth-order valence-electron chi connectivity index (χ4n) is 4.24. The van der Waals surface area contributed by atoms with E-state index in [1.165, 1.54) is 24.8 Å². The van der Waals surface area contributed by atoms with Crippen molar-refractivity contribution >= 4 is 5.82 Å². The largest absolute Gasteiger partial charge is 0.367 e. The van der Waals surface area contributed by atoms with Crippen LogP contribution in [0.5, 0.6) is 0 Å². The lowest BCUT2D eigenvalue weighted by atomic mass is 10.0. The van der Waals surface area contributed by atoms with Gasteiger partial charge >= 0.3 is 0 Å². The summed E-state index contributed by atoms with van der Waals surface area (Å²) in [5.74, 6) is 5.13. The number of nitrogens with one attached hydrogen (secondary N) is 1. The number of aromatic nitrogens is 1. The highest BCUT2D eigenvalue weighted by Crippen LogP contribution is 2.66. The molecule has 0 spiro atoms. The van der Waals surface area contributed by atoms with Crippen LogP contribution in [0.3, 0.4) is 0 Å². The molecule has 0 amide bonds. The smallest absolute Gasteiger partial charge is 0.126 e. The summed E-state index contributed by atoms with van der Waals surface area (Å²) in [4.78, 5) is 4.45. The number of aryl methyl sites for hydroxylation is 1. The summed E-state index contributed by atoms with van der Waals surface area (Å²) in [7, 11) is 0. The van der Waals surface area contributed by atoms with Gasteiger partial charge in [0, 0.05) is 12.2 Å². The summed E-state index contributed by atoms with van der Waals surface area (Å²) >= 11 is 0. The molecule has 4 unspecified atom stereocenters. The molecule has 1 N–H and O–H groups in total. The Morgan fingerprint density at radius 1 is 1.19 bits per heavy atom. The molecule has 3 aliphatic carbocycles. The normalized spacial score (nSPS) is 43.2. The molecule has 1 aromatic rings. The predicted octanol–water partition coefficient (Wildman–Crippen LogP) is 2.85. The van der Waals surface area contributed by atoms with Gasteiger partial charge in [0.05, 0.1) is 0 Å². The Labute approximate surface area is 96.5 Å². The summed E-state index contributed by atoms with van der Waals surface area (Å²) in [6.45, 7) is 2.09. The van der Waals surface area contributed by atoms with Gasteiger partial charge in [0.2, 0.25) is 0 Å². The summed E-state index contributed by atoms with van der Waals surface area (Å²) in [5, 5.41) is 3.63. The lowest BCUT2D eigenvalue weighted by Gasteiger charge is -2.10. The maximum Gasteiger partial charge on any atom is 0.126 e. The Bertz CT molecular complexity index is 395. The Hall–Kier alpha value is -1.05. The van der Waals surface area contributed by atoms with E-state index in [1.54, 1.807) is 0 Å². The van der Waals surface area contributed by atoms with Crippen molar-refractivity contribution in [2.24, 2.45) is 23.7 Å². The van der Waals surface area contributed by atoms with Crippen LogP contribution < -0.4 is 5.32 Å². The molecule has 3 aliphatic rings. The van der Waals surface area contributed by atoms with Crippen LogP contribution in [0.25, 0.3) is 0 Å². The minimum absolute atomic E-state index is 0.751. The number of anilines is 1. The molecule has 2 heteroatoms. The van der Waals surface area contributed by atoms with E-state index in [4.69, 9.17) is 0 Å². The van der Waals surface area contributed by atoms with Crippen LogP contribution in [0.2, 0.25) is 0 Å². The average molecular weight is 214 g/mol. The second-order valence-electron chi connectivity index (χ2n) is 5.88. The van der Waals surface area contributed by atoms with E-state index >= 15 is 0 Å². The molecule has 4 atom stereocenters. The van der Waals surface area contributed by atoms with Gasteiger partial charge in [-0.05, 0) is 61.5 Å². The monoisotopic (exact) mass is 214 g/mol. The number of hydrogen-bond acceptors (Lipinski definition) is 2. The third-order valence-electron chi connectivity index (χ3n) is 4.96. The van der Waals surface area contributed by atoms with Crippen LogP contribution in [0.4, 0.5) is 5.82 Å².